The SMILES string of the molecule is CC(=O)Oc1cc2c3ccccc3n(C)c2c2cc(C)c(C)cc12. The third kappa shape index (κ3) is 2.01. The monoisotopic (exact) mass is 317 g/mol. The minimum atomic E-state index is -0.297. The van der Waals surface area contributed by atoms with Crippen LogP contribution in [0.15, 0.2) is 42.5 Å². The van der Waals surface area contributed by atoms with E-state index in [1.54, 1.807) is 0 Å². The van der Waals surface area contributed by atoms with Crippen LogP contribution >= 0.6 is 0 Å². The topological polar surface area (TPSA) is 31.2 Å². The van der Waals surface area contributed by atoms with Crippen LogP contribution in [0.5, 0.6) is 5.75 Å². The third-order valence-corrected chi connectivity index (χ3v) is 4.83. The number of ether oxygens (including phenoxy) is 1. The van der Waals surface area contributed by atoms with E-state index in [0.717, 1.165) is 16.2 Å². The molecule has 0 aliphatic heterocycles. The summed E-state index contributed by atoms with van der Waals surface area (Å²) in [6.07, 6.45) is 0. The average Bonchev–Trinajstić information content (AvgIpc) is 2.82. The molecule has 0 aliphatic carbocycles. The standard InChI is InChI=1S/C21H19NO2/c1-12-9-16-17(10-13(12)2)21-18(11-20(16)24-14(3)23)15-7-5-6-8-19(15)22(21)4/h5-11H,1-4H3. The molecular weight excluding hydrogens is 298 g/mol. The van der Waals surface area contributed by atoms with Gasteiger partial charge >= 0.3 is 5.97 Å². The zero-order valence-corrected chi connectivity index (χ0v) is 14.3. The van der Waals surface area contributed by atoms with Crippen molar-refractivity contribution in [2.75, 3.05) is 0 Å². The summed E-state index contributed by atoms with van der Waals surface area (Å²) >= 11 is 0. The van der Waals surface area contributed by atoms with Crippen LogP contribution in [0.3, 0.4) is 0 Å². The van der Waals surface area contributed by atoms with E-state index < -0.39 is 0 Å². The highest BCUT2D eigenvalue weighted by Crippen LogP contribution is 2.39. The maximum atomic E-state index is 11.6. The van der Waals surface area contributed by atoms with Crippen molar-refractivity contribution in [3.05, 3.63) is 53.6 Å². The molecule has 0 aliphatic rings. The van der Waals surface area contributed by atoms with Crippen molar-refractivity contribution in [2.24, 2.45) is 7.05 Å². The lowest BCUT2D eigenvalue weighted by molar-refractivity contribution is -0.131. The van der Waals surface area contributed by atoms with Crippen molar-refractivity contribution in [1.29, 1.82) is 0 Å². The molecule has 3 nitrogen and oxygen atoms in total. The molecule has 24 heavy (non-hydrogen) atoms. The summed E-state index contributed by atoms with van der Waals surface area (Å²) in [6, 6.07) is 14.6. The molecule has 0 N–H and O–H groups in total. The van der Waals surface area contributed by atoms with Crippen LogP contribution in [0.4, 0.5) is 0 Å². The fourth-order valence-electron chi connectivity index (χ4n) is 3.56. The lowest BCUT2D eigenvalue weighted by Crippen LogP contribution is -2.02. The number of aromatic nitrogens is 1. The number of benzene rings is 3. The molecule has 3 aromatic carbocycles. The molecule has 0 fully saturated rings. The summed E-state index contributed by atoms with van der Waals surface area (Å²) in [6.45, 7) is 5.64. The number of hydrogen-bond acceptors (Lipinski definition) is 2. The first-order valence-electron chi connectivity index (χ1n) is 8.07. The van der Waals surface area contributed by atoms with Crippen molar-refractivity contribution in [3.8, 4) is 5.75 Å². The molecule has 0 saturated heterocycles. The smallest absolute Gasteiger partial charge is 0.308 e. The van der Waals surface area contributed by atoms with E-state index in [-0.39, 0.29) is 5.97 Å². The quantitative estimate of drug-likeness (QED) is 0.364. The summed E-state index contributed by atoms with van der Waals surface area (Å²) in [5.41, 5.74) is 4.76. The van der Waals surface area contributed by atoms with Gasteiger partial charge in [0.2, 0.25) is 0 Å². The van der Waals surface area contributed by atoms with Gasteiger partial charge in [-0.15, -0.1) is 0 Å². The van der Waals surface area contributed by atoms with Gasteiger partial charge in [0.05, 0.1) is 5.52 Å². The molecule has 0 spiro atoms. The van der Waals surface area contributed by atoms with Gasteiger partial charge < -0.3 is 9.30 Å². The predicted octanol–water partition coefficient (Wildman–Crippen LogP) is 5.03. The molecule has 0 saturated carbocycles. The van der Waals surface area contributed by atoms with Gasteiger partial charge in [0.15, 0.2) is 0 Å². The number of aryl methyl sites for hydroxylation is 3. The van der Waals surface area contributed by atoms with E-state index in [9.17, 15) is 4.79 Å². The molecule has 4 aromatic rings. The van der Waals surface area contributed by atoms with E-state index in [0.29, 0.717) is 5.75 Å². The summed E-state index contributed by atoms with van der Waals surface area (Å²) in [5, 5.41) is 4.38. The molecule has 0 atom stereocenters. The van der Waals surface area contributed by atoms with Crippen LogP contribution in [-0.2, 0) is 11.8 Å². The predicted molar refractivity (Wildman–Crippen MR) is 98.7 cm³/mol. The zero-order chi connectivity index (χ0) is 17.0. The second-order valence-corrected chi connectivity index (χ2v) is 6.42. The minimum absolute atomic E-state index is 0.297. The molecule has 120 valence electrons. The summed E-state index contributed by atoms with van der Waals surface area (Å²) in [4.78, 5) is 11.6. The summed E-state index contributed by atoms with van der Waals surface area (Å²) in [5.74, 6) is 0.332. The second-order valence-electron chi connectivity index (χ2n) is 6.42. The summed E-state index contributed by atoms with van der Waals surface area (Å²) in [7, 11) is 2.09. The molecule has 1 aromatic heterocycles. The molecule has 4 rings (SSSR count). The Morgan fingerprint density at radius 1 is 0.917 bits per heavy atom. The van der Waals surface area contributed by atoms with E-state index in [1.165, 1.54) is 34.5 Å². The summed E-state index contributed by atoms with van der Waals surface area (Å²) < 4.78 is 7.76. The molecule has 0 radical (unpaired) electrons. The molecule has 0 amide bonds. The number of esters is 1. The number of hydrogen-bond donors (Lipinski definition) is 0. The van der Waals surface area contributed by atoms with Crippen molar-refractivity contribution in [1.82, 2.24) is 4.57 Å². The fraction of sp³-hybridized carbons (Fsp3) is 0.190. The first-order valence-corrected chi connectivity index (χ1v) is 8.07. The van der Waals surface area contributed by atoms with Crippen molar-refractivity contribution in [2.45, 2.75) is 20.8 Å². The van der Waals surface area contributed by atoms with E-state index >= 15 is 0 Å². The molecule has 0 unspecified atom stereocenters. The molecule has 1 heterocycles. The van der Waals surface area contributed by atoms with E-state index in [2.05, 4.69) is 49.7 Å². The van der Waals surface area contributed by atoms with E-state index in [1.807, 2.05) is 18.2 Å². The van der Waals surface area contributed by atoms with Gasteiger partial charge in [0.25, 0.3) is 0 Å². The van der Waals surface area contributed by atoms with Crippen LogP contribution in [0, 0.1) is 13.8 Å². The highest BCUT2D eigenvalue weighted by Gasteiger charge is 2.16. The van der Waals surface area contributed by atoms with Gasteiger partial charge in [-0.3, -0.25) is 4.79 Å². The molecule has 3 heteroatoms. The number of nitrogens with zero attached hydrogens (tertiary/aromatic N) is 1. The highest BCUT2D eigenvalue weighted by atomic mass is 16.5. The van der Waals surface area contributed by atoms with Crippen LogP contribution in [0.1, 0.15) is 18.1 Å². The Morgan fingerprint density at radius 3 is 2.25 bits per heavy atom. The number of para-hydroxylation sites is 1. The Hall–Kier alpha value is -2.81. The van der Waals surface area contributed by atoms with Gasteiger partial charge in [-0.05, 0) is 49.2 Å². The first-order chi connectivity index (χ1) is 11.5. The number of fused-ring (bicyclic) bond motifs is 5. The van der Waals surface area contributed by atoms with Gasteiger partial charge in [-0.1, -0.05) is 18.2 Å². The van der Waals surface area contributed by atoms with E-state index in [4.69, 9.17) is 4.74 Å². The van der Waals surface area contributed by atoms with Gasteiger partial charge in [-0.2, -0.15) is 0 Å². The largest absolute Gasteiger partial charge is 0.426 e. The van der Waals surface area contributed by atoms with Gasteiger partial charge in [0, 0.05) is 41.0 Å². The lowest BCUT2D eigenvalue weighted by Gasteiger charge is -2.12. The average molecular weight is 317 g/mol. The Balaban J connectivity index is 2.28. The van der Waals surface area contributed by atoms with Crippen molar-refractivity contribution >= 4 is 38.5 Å². The van der Waals surface area contributed by atoms with Crippen molar-refractivity contribution < 1.29 is 9.53 Å². The lowest BCUT2D eigenvalue weighted by atomic mass is 9.99. The minimum Gasteiger partial charge on any atom is -0.426 e. The van der Waals surface area contributed by atoms with Crippen LogP contribution in [0.25, 0.3) is 32.6 Å². The van der Waals surface area contributed by atoms with Crippen molar-refractivity contribution in [3.63, 3.8) is 0 Å². The molecule has 0 bridgehead atoms. The zero-order valence-electron chi connectivity index (χ0n) is 14.3. The van der Waals surface area contributed by atoms with Crippen LogP contribution in [0.2, 0.25) is 0 Å². The second kappa shape index (κ2) is 5.10. The number of carbonyl (C=O) groups excluding carboxylic acids is 1. The Morgan fingerprint density at radius 2 is 1.54 bits per heavy atom. The van der Waals surface area contributed by atoms with Crippen LogP contribution in [-0.4, -0.2) is 10.5 Å². The molecular formula is C21H19NO2. The normalized spacial score (nSPS) is 11.5. The number of rotatable bonds is 1. The maximum absolute atomic E-state index is 11.6. The fourth-order valence-corrected chi connectivity index (χ4v) is 3.56. The Bertz CT molecular complexity index is 1140. The van der Waals surface area contributed by atoms with Gasteiger partial charge in [0.1, 0.15) is 5.75 Å². The third-order valence-electron chi connectivity index (χ3n) is 4.83. The first kappa shape index (κ1) is 14.8. The van der Waals surface area contributed by atoms with Crippen LogP contribution < -0.4 is 4.74 Å². The number of carbonyl (C=O) groups is 1. The Kier molecular flexibility index (Phi) is 3.14. The highest BCUT2D eigenvalue weighted by molar-refractivity contribution is 6.19. The maximum Gasteiger partial charge on any atom is 0.308 e. The Labute approximate surface area is 140 Å². The van der Waals surface area contributed by atoms with Gasteiger partial charge in [-0.25, -0.2) is 0 Å².